The maximum absolute atomic E-state index is 11.7. The average Bonchev–Trinajstić information content (AvgIpc) is 3.18. The van der Waals surface area contributed by atoms with Gasteiger partial charge in [-0.2, -0.15) is 13.5 Å². The lowest BCUT2D eigenvalue weighted by Gasteiger charge is -2.29. The smallest absolute Gasteiger partial charge is 0.269 e. The Hall–Kier alpha value is -1.23. The highest BCUT2D eigenvalue weighted by molar-refractivity contribution is 7.86. The van der Waals surface area contributed by atoms with E-state index in [1.165, 1.54) is 17.3 Å². The monoisotopic (exact) mass is 407 g/mol. The van der Waals surface area contributed by atoms with Crippen molar-refractivity contribution >= 4 is 33.3 Å². The molecule has 8 nitrogen and oxygen atoms in total. The Morgan fingerprint density at radius 2 is 2.24 bits per heavy atom. The van der Waals surface area contributed by atoms with Crippen LogP contribution in [-0.4, -0.2) is 48.8 Å². The third kappa shape index (κ3) is 4.13. The fraction of sp³-hybridized carbons (Fsp3) is 0.429. The van der Waals surface area contributed by atoms with Crippen LogP contribution >= 0.6 is 23.2 Å². The minimum Gasteiger partial charge on any atom is -0.342 e. The van der Waals surface area contributed by atoms with Gasteiger partial charge in [0.1, 0.15) is 31.1 Å². The first-order chi connectivity index (χ1) is 11.8. The molecule has 1 aromatic heterocycles. The second kappa shape index (κ2) is 7.18. The van der Waals surface area contributed by atoms with Crippen LogP contribution in [-0.2, 0) is 36.1 Å². The minimum absolute atomic E-state index is 0.0518. The van der Waals surface area contributed by atoms with Crippen LogP contribution in [0.2, 0.25) is 10.0 Å². The van der Waals surface area contributed by atoms with Crippen molar-refractivity contribution in [2.45, 2.75) is 18.4 Å². The average molecular weight is 408 g/mol. The van der Waals surface area contributed by atoms with E-state index in [-0.39, 0.29) is 18.9 Å². The lowest BCUT2D eigenvalue weighted by Crippen LogP contribution is -2.35. The predicted octanol–water partition coefficient (Wildman–Crippen LogP) is 1.83. The van der Waals surface area contributed by atoms with Crippen LogP contribution in [0.25, 0.3) is 0 Å². The number of rotatable bonds is 6. The first-order valence-electron chi connectivity index (χ1n) is 7.21. The Labute approximate surface area is 154 Å². The molecular formula is C14H15Cl2N3O5S. The zero-order valence-corrected chi connectivity index (χ0v) is 15.5. The lowest BCUT2D eigenvalue weighted by molar-refractivity contribution is -0.186. The molecule has 1 saturated heterocycles. The summed E-state index contributed by atoms with van der Waals surface area (Å²) in [4.78, 5) is 3.89. The highest BCUT2D eigenvalue weighted by Crippen LogP contribution is 2.40. The van der Waals surface area contributed by atoms with Gasteiger partial charge in [0.05, 0.1) is 18.7 Å². The maximum Gasteiger partial charge on any atom is 0.269 e. The number of benzene rings is 1. The zero-order chi connectivity index (χ0) is 18.1. The first kappa shape index (κ1) is 18.6. The molecule has 0 spiro atoms. The maximum atomic E-state index is 11.7. The highest BCUT2D eigenvalue weighted by atomic mass is 35.5. The largest absolute Gasteiger partial charge is 0.342 e. The summed E-state index contributed by atoms with van der Waals surface area (Å²) in [6, 6.07) is 4.89. The number of hydrogen-bond acceptors (Lipinski definition) is 7. The fourth-order valence-corrected chi connectivity index (χ4v) is 3.89. The summed E-state index contributed by atoms with van der Waals surface area (Å²) >= 11 is 12.3. The summed E-state index contributed by atoms with van der Waals surface area (Å²) in [5.41, 5.74) is 0.520. The molecule has 0 N–H and O–H groups in total. The van der Waals surface area contributed by atoms with E-state index < -0.39 is 22.0 Å². The van der Waals surface area contributed by atoms with Crippen molar-refractivity contribution in [3.05, 3.63) is 46.5 Å². The molecule has 25 heavy (non-hydrogen) atoms. The standard InChI is InChI=1S/C14H15Cl2N3O5S/c1-22-25(20,21)6-11-5-23-14(24-11,7-19-9-17-8-18-19)12-3-2-10(15)4-13(12)16/h2-4,8-9,11H,5-7H2,1H3. The third-order valence-corrected chi connectivity index (χ3v) is 5.52. The summed E-state index contributed by atoms with van der Waals surface area (Å²) in [6.07, 6.45) is 2.15. The number of halogens is 2. The molecule has 2 atom stereocenters. The normalized spacial score (nSPS) is 23.9. The van der Waals surface area contributed by atoms with E-state index >= 15 is 0 Å². The molecule has 2 unspecified atom stereocenters. The summed E-state index contributed by atoms with van der Waals surface area (Å²) in [7, 11) is -2.61. The number of nitrogens with zero attached hydrogens (tertiary/aromatic N) is 3. The molecule has 1 aromatic carbocycles. The highest BCUT2D eigenvalue weighted by Gasteiger charge is 2.46. The van der Waals surface area contributed by atoms with Crippen molar-refractivity contribution in [1.29, 1.82) is 0 Å². The van der Waals surface area contributed by atoms with Crippen molar-refractivity contribution in [1.82, 2.24) is 14.8 Å². The first-order valence-corrected chi connectivity index (χ1v) is 9.55. The van der Waals surface area contributed by atoms with Gasteiger partial charge < -0.3 is 9.47 Å². The molecule has 2 aromatic rings. The molecule has 0 bridgehead atoms. The van der Waals surface area contributed by atoms with Crippen LogP contribution in [0.1, 0.15) is 5.56 Å². The van der Waals surface area contributed by atoms with E-state index in [2.05, 4.69) is 14.3 Å². The van der Waals surface area contributed by atoms with E-state index in [0.717, 1.165) is 7.11 Å². The molecule has 136 valence electrons. The molecule has 1 aliphatic heterocycles. The van der Waals surface area contributed by atoms with Gasteiger partial charge >= 0.3 is 0 Å². The Kier molecular flexibility index (Phi) is 5.33. The Balaban J connectivity index is 1.94. The van der Waals surface area contributed by atoms with Crippen LogP contribution in [0.5, 0.6) is 0 Å². The van der Waals surface area contributed by atoms with Crippen LogP contribution < -0.4 is 0 Å². The molecule has 3 rings (SSSR count). The summed E-state index contributed by atoms with van der Waals surface area (Å²) in [6.45, 7) is 0.189. The van der Waals surface area contributed by atoms with Gasteiger partial charge in [-0.1, -0.05) is 29.3 Å². The zero-order valence-electron chi connectivity index (χ0n) is 13.1. The summed E-state index contributed by atoms with van der Waals surface area (Å²) in [5.74, 6) is -1.66. The molecule has 0 aliphatic carbocycles. The van der Waals surface area contributed by atoms with E-state index in [4.69, 9.17) is 32.7 Å². The van der Waals surface area contributed by atoms with Crippen LogP contribution in [0.3, 0.4) is 0 Å². The molecule has 1 fully saturated rings. The van der Waals surface area contributed by atoms with E-state index in [9.17, 15) is 8.42 Å². The molecule has 11 heteroatoms. The molecule has 0 radical (unpaired) electrons. The molecular weight excluding hydrogens is 393 g/mol. The Bertz CT molecular complexity index is 846. The quantitative estimate of drug-likeness (QED) is 0.674. The van der Waals surface area contributed by atoms with Gasteiger partial charge in [0.25, 0.3) is 10.1 Å². The van der Waals surface area contributed by atoms with Gasteiger partial charge in [0.15, 0.2) is 0 Å². The second-order valence-corrected chi connectivity index (χ2v) is 8.04. The third-order valence-electron chi connectivity index (χ3n) is 3.68. The van der Waals surface area contributed by atoms with Gasteiger partial charge in [-0.25, -0.2) is 9.67 Å². The van der Waals surface area contributed by atoms with Crippen LogP contribution in [0, 0.1) is 0 Å². The number of hydrogen-bond donors (Lipinski definition) is 0. The van der Waals surface area contributed by atoms with Crippen LogP contribution in [0.15, 0.2) is 30.9 Å². The van der Waals surface area contributed by atoms with E-state index in [1.807, 2.05) is 0 Å². The van der Waals surface area contributed by atoms with Gasteiger partial charge in [-0.05, 0) is 12.1 Å². The second-order valence-electron chi connectivity index (χ2n) is 5.41. The molecule has 1 aliphatic rings. The van der Waals surface area contributed by atoms with Gasteiger partial charge in [-0.15, -0.1) is 0 Å². The van der Waals surface area contributed by atoms with Crippen molar-refractivity contribution in [3.63, 3.8) is 0 Å². The van der Waals surface area contributed by atoms with Crippen molar-refractivity contribution in [3.8, 4) is 0 Å². The minimum atomic E-state index is -3.71. The molecule has 2 heterocycles. The summed E-state index contributed by atoms with van der Waals surface area (Å²) in [5, 5.41) is 4.84. The number of ether oxygens (including phenoxy) is 2. The Morgan fingerprint density at radius 1 is 1.44 bits per heavy atom. The van der Waals surface area contributed by atoms with Gasteiger partial charge in [0.2, 0.25) is 5.79 Å². The van der Waals surface area contributed by atoms with Crippen molar-refractivity contribution < 1.29 is 22.1 Å². The predicted molar refractivity (Wildman–Crippen MR) is 89.8 cm³/mol. The summed E-state index contributed by atoms with van der Waals surface area (Å²) < 4.78 is 41.2. The molecule has 0 amide bonds. The van der Waals surface area contributed by atoms with E-state index in [0.29, 0.717) is 15.6 Å². The van der Waals surface area contributed by atoms with Crippen LogP contribution in [0.4, 0.5) is 0 Å². The molecule has 0 saturated carbocycles. The van der Waals surface area contributed by atoms with Crippen molar-refractivity contribution in [2.24, 2.45) is 0 Å². The SMILES string of the molecule is COS(=O)(=O)CC1COC(Cn2cncn2)(c2ccc(Cl)cc2Cl)O1. The lowest BCUT2D eigenvalue weighted by atomic mass is 10.1. The van der Waals surface area contributed by atoms with E-state index in [1.54, 1.807) is 18.2 Å². The Morgan fingerprint density at radius 3 is 2.88 bits per heavy atom. The number of aromatic nitrogens is 3. The van der Waals surface area contributed by atoms with Gasteiger partial charge in [0, 0.05) is 10.6 Å². The van der Waals surface area contributed by atoms with Crippen molar-refractivity contribution in [2.75, 3.05) is 19.5 Å². The van der Waals surface area contributed by atoms with Gasteiger partial charge in [-0.3, -0.25) is 4.18 Å². The topological polar surface area (TPSA) is 92.5 Å². The fourth-order valence-electron chi connectivity index (χ4n) is 2.58.